The molecule has 0 saturated carbocycles. The van der Waals surface area contributed by atoms with Gasteiger partial charge in [0.05, 0.1) is 19.8 Å². The number of hydrogen-bond donors (Lipinski definition) is 1. The first-order chi connectivity index (χ1) is 13.8. The number of benzene rings is 1. The molecule has 2 saturated heterocycles. The lowest BCUT2D eigenvalue weighted by Gasteiger charge is -2.34. The first-order valence-electron chi connectivity index (χ1n) is 9.89. The third-order valence-electron chi connectivity index (χ3n) is 5.24. The van der Waals surface area contributed by atoms with Crippen LogP contribution in [0.15, 0.2) is 48.7 Å². The molecule has 0 bridgehead atoms. The van der Waals surface area contributed by atoms with Gasteiger partial charge < -0.3 is 19.9 Å². The fraction of sp³-hybridized carbons (Fsp3) is 0.429. The van der Waals surface area contributed by atoms with E-state index in [0.29, 0.717) is 6.54 Å². The minimum absolute atomic E-state index is 0.0328. The van der Waals surface area contributed by atoms with Crippen molar-refractivity contribution in [2.24, 2.45) is 0 Å². The number of nitrogens with zero attached hydrogens (tertiary/aromatic N) is 4. The topological polar surface area (TPSA) is 60.9 Å². The molecule has 7 nitrogen and oxygen atoms in total. The van der Waals surface area contributed by atoms with Gasteiger partial charge in [0, 0.05) is 56.8 Å². The fourth-order valence-corrected chi connectivity index (χ4v) is 3.66. The first kappa shape index (κ1) is 18.7. The van der Waals surface area contributed by atoms with E-state index in [-0.39, 0.29) is 5.91 Å². The normalized spacial score (nSPS) is 18.1. The van der Waals surface area contributed by atoms with E-state index in [9.17, 15) is 4.79 Å². The van der Waals surface area contributed by atoms with Crippen molar-refractivity contribution < 1.29 is 9.53 Å². The van der Waals surface area contributed by atoms with Crippen molar-refractivity contribution in [3.05, 3.63) is 48.7 Å². The number of pyridine rings is 1. The number of ether oxygens (including phenoxy) is 1. The van der Waals surface area contributed by atoms with Gasteiger partial charge in [0.25, 0.3) is 0 Å². The fourth-order valence-electron chi connectivity index (χ4n) is 3.66. The van der Waals surface area contributed by atoms with Gasteiger partial charge in [-0.15, -0.1) is 0 Å². The second kappa shape index (κ2) is 9.03. The van der Waals surface area contributed by atoms with Crippen LogP contribution in [0.5, 0.6) is 0 Å². The quantitative estimate of drug-likeness (QED) is 0.850. The molecule has 28 heavy (non-hydrogen) atoms. The summed E-state index contributed by atoms with van der Waals surface area (Å²) in [5, 5.41) is 3.01. The minimum atomic E-state index is 0.0328. The Hall–Kier alpha value is -2.64. The van der Waals surface area contributed by atoms with Gasteiger partial charge in [-0.2, -0.15) is 0 Å². The van der Waals surface area contributed by atoms with E-state index in [0.717, 1.165) is 64.0 Å². The smallest absolute Gasteiger partial charge is 0.238 e. The predicted octanol–water partition coefficient (Wildman–Crippen LogP) is 1.68. The second-order valence-corrected chi connectivity index (χ2v) is 7.15. The Morgan fingerprint density at radius 2 is 1.68 bits per heavy atom. The molecule has 0 unspecified atom stereocenters. The van der Waals surface area contributed by atoms with Crippen LogP contribution in [0.25, 0.3) is 0 Å². The van der Waals surface area contributed by atoms with E-state index in [1.54, 1.807) is 0 Å². The van der Waals surface area contributed by atoms with Crippen LogP contribution in [0, 0.1) is 0 Å². The van der Waals surface area contributed by atoms with E-state index in [1.807, 2.05) is 36.5 Å². The Kier molecular flexibility index (Phi) is 6.04. The van der Waals surface area contributed by atoms with Crippen LogP contribution in [0.1, 0.15) is 0 Å². The zero-order valence-corrected chi connectivity index (χ0v) is 16.1. The van der Waals surface area contributed by atoms with E-state index in [2.05, 4.69) is 37.1 Å². The number of morpholine rings is 1. The molecule has 2 aromatic rings. The van der Waals surface area contributed by atoms with Gasteiger partial charge in [-0.3, -0.25) is 9.69 Å². The van der Waals surface area contributed by atoms with E-state index >= 15 is 0 Å². The van der Waals surface area contributed by atoms with Crippen molar-refractivity contribution in [1.29, 1.82) is 0 Å². The summed E-state index contributed by atoms with van der Waals surface area (Å²) >= 11 is 0. The van der Waals surface area contributed by atoms with Crippen molar-refractivity contribution in [3.8, 4) is 0 Å². The predicted molar refractivity (Wildman–Crippen MR) is 111 cm³/mol. The molecule has 148 valence electrons. The molecule has 0 spiro atoms. The minimum Gasteiger partial charge on any atom is -0.378 e. The van der Waals surface area contributed by atoms with Crippen LogP contribution in [0.4, 0.5) is 17.2 Å². The lowest BCUT2D eigenvalue weighted by molar-refractivity contribution is -0.117. The molecule has 2 fully saturated rings. The summed E-state index contributed by atoms with van der Waals surface area (Å²) in [7, 11) is 0. The zero-order chi connectivity index (χ0) is 19.2. The van der Waals surface area contributed by atoms with Crippen LogP contribution in [0.2, 0.25) is 0 Å². The van der Waals surface area contributed by atoms with Crippen molar-refractivity contribution in [2.45, 2.75) is 0 Å². The molecule has 1 amide bonds. The maximum atomic E-state index is 12.4. The lowest BCUT2D eigenvalue weighted by atomic mass is 10.2. The van der Waals surface area contributed by atoms with Gasteiger partial charge in [-0.1, -0.05) is 6.07 Å². The summed E-state index contributed by atoms with van der Waals surface area (Å²) in [6.07, 6.45) is 1.82. The average molecular weight is 381 g/mol. The molecular formula is C21H27N5O2. The van der Waals surface area contributed by atoms with Crippen LogP contribution in [-0.4, -0.2) is 74.8 Å². The van der Waals surface area contributed by atoms with Crippen LogP contribution >= 0.6 is 0 Å². The molecule has 3 heterocycles. The molecule has 0 atom stereocenters. The molecule has 0 aliphatic carbocycles. The van der Waals surface area contributed by atoms with E-state index in [4.69, 9.17) is 4.74 Å². The highest BCUT2D eigenvalue weighted by Crippen LogP contribution is 2.19. The highest BCUT2D eigenvalue weighted by molar-refractivity contribution is 5.92. The van der Waals surface area contributed by atoms with E-state index in [1.165, 1.54) is 5.69 Å². The number of anilines is 3. The van der Waals surface area contributed by atoms with Crippen LogP contribution < -0.4 is 15.1 Å². The highest BCUT2D eigenvalue weighted by Gasteiger charge is 2.20. The number of nitrogens with one attached hydrogen (secondary N) is 1. The number of piperazine rings is 1. The molecule has 1 N–H and O–H groups in total. The third kappa shape index (κ3) is 4.79. The summed E-state index contributed by atoms with van der Waals surface area (Å²) in [4.78, 5) is 23.6. The van der Waals surface area contributed by atoms with Gasteiger partial charge in [0.1, 0.15) is 5.82 Å². The average Bonchev–Trinajstić information content (AvgIpc) is 2.76. The number of amides is 1. The van der Waals surface area contributed by atoms with Gasteiger partial charge in [-0.25, -0.2) is 4.98 Å². The second-order valence-electron chi connectivity index (χ2n) is 7.15. The summed E-state index contributed by atoms with van der Waals surface area (Å²) in [5.74, 6) is 1.04. The van der Waals surface area contributed by atoms with Gasteiger partial charge >= 0.3 is 0 Å². The number of rotatable bonds is 5. The Morgan fingerprint density at radius 1 is 0.929 bits per heavy atom. The zero-order valence-electron chi connectivity index (χ0n) is 16.1. The van der Waals surface area contributed by atoms with Gasteiger partial charge in [0.15, 0.2) is 0 Å². The molecular weight excluding hydrogens is 354 g/mol. The van der Waals surface area contributed by atoms with Crippen LogP contribution in [-0.2, 0) is 9.53 Å². The number of carbonyl (C=O) groups is 1. The Balaban J connectivity index is 1.23. The lowest BCUT2D eigenvalue weighted by Crippen LogP contribution is -2.48. The van der Waals surface area contributed by atoms with E-state index < -0.39 is 0 Å². The summed E-state index contributed by atoms with van der Waals surface area (Å²) in [5.41, 5.74) is 2.01. The Labute approximate surface area is 165 Å². The number of carbonyl (C=O) groups excluding carboxylic acids is 1. The third-order valence-corrected chi connectivity index (χ3v) is 5.24. The maximum absolute atomic E-state index is 12.4. The van der Waals surface area contributed by atoms with Crippen molar-refractivity contribution in [2.75, 3.05) is 74.1 Å². The Bertz CT molecular complexity index is 754. The van der Waals surface area contributed by atoms with Gasteiger partial charge in [-0.05, 0) is 36.4 Å². The largest absolute Gasteiger partial charge is 0.378 e. The maximum Gasteiger partial charge on any atom is 0.238 e. The van der Waals surface area contributed by atoms with Crippen molar-refractivity contribution in [1.82, 2.24) is 9.88 Å². The molecule has 1 aromatic carbocycles. The molecule has 2 aliphatic rings. The summed E-state index contributed by atoms with van der Waals surface area (Å²) < 4.78 is 5.39. The van der Waals surface area contributed by atoms with Gasteiger partial charge in [0.2, 0.25) is 5.91 Å². The molecule has 0 radical (unpaired) electrons. The number of hydrogen-bond acceptors (Lipinski definition) is 6. The summed E-state index contributed by atoms with van der Waals surface area (Å²) in [6.45, 7) is 7.28. The van der Waals surface area contributed by atoms with Crippen molar-refractivity contribution >= 4 is 23.1 Å². The molecule has 1 aromatic heterocycles. The Morgan fingerprint density at radius 3 is 2.36 bits per heavy atom. The summed E-state index contributed by atoms with van der Waals surface area (Å²) in [6, 6.07) is 14.0. The highest BCUT2D eigenvalue weighted by atomic mass is 16.5. The van der Waals surface area contributed by atoms with Crippen molar-refractivity contribution in [3.63, 3.8) is 0 Å². The SMILES string of the molecule is O=C(CN1CCN(c2ccccn2)CC1)Nc1ccc(N2CCOCC2)cc1. The standard InChI is InChI=1S/C21H27N5O2/c27-21(17-24-9-11-26(12-10-24)20-3-1-2-8-22-20)23-18-4-6-19(7-5-18)25-13-15-28-16-14-25/h1-8H,9-17H2,(H,23,27). The number of aromatic nitrogens is 1. The first-order valence-corrected chi connectivity index (χ1v) is 9.89. The molecule has 7 heteroatoms. The molecule has 2 aliphatic heterocycles. The monoisotopic (exact) mass is 381 g/mol. The molecule has 4 rings (SSSR count). The van der Waals surface area contributed by atoms with Crippen LogP contribution in [0.3, 0.4) is 0 Å².